The van der Waals surface area contributed by atoms with Crippen molar-refractivity contribution in [2.24, 2.45) is 10.3 Å². The second-order valence-electron chi connectivity index (χ2n) is 6.14. The average molecular weight is 433 g/mol. The van der Waals surface area contributed by atoms with E-state index in [-0.39, 0.29) is 6.54 Å². The maximum Gasteiger partial charge on any atom is 0.263 e. The van der Waals surface area contributed by atoms with Crippen LogP contribution in [0.25, 0.3) is 0 Å². The summed E-state index contributed by atoms with van der Waals surface area (Å²) >= 11 is 3.47. The van der Waals surface area contributed by atoms with Crippen LogP contribution in [-0.4, -0.2) is 36.0 Å². The smallest absolute Gasteiger partial charge is 0.263 e. The molecule has 2 amide bonds. The minimum atomic E-state index is -0.896. The van der Waals surface area contributed by atoms with Crippen LogP contribution in [0.15, 0.2) is 57.3 Å². The van der Waals surface area contributed by atoms with Gasteiger partial charge in [-0.2, -0.15) is 5.11 Å². The number of hydrogen-bond acceptors (Lipinski definition) is 6. The number of halogens is 2. The third kappa shape index (κ3) is 2.97. The molecule has 1 fully saturated rings. The van der Waals surface area contributed by atoms with Crippen LogP contribution in [0.1, 0.15) is 5.56 Å². The van der Waals surface area contributed by atoms with Crippen LogP contribution in [0, 0.1) is 5.82 Å². The third-order valence-corrected chi connectivity index (χ3v) is 5.30. The molecular formula is C18H14BrFN4O3. The fourth-order valence-electron chi connectivity index (χ4n) is 3.17. The first-order chi connectivity index (χ1) is 13.0. The number of hydrogen-bond donors (Lipinski definition) is 0. The van der Waals surface area contributed by atoms with Crippen LogP contribution in [0.2, 0.25) is 0 Å². The number of rotatable bonds is 4. The fraction of sp³-hybridized carbons (Fsp3) is 0.222. The molecule has 7 nitrogen and oxygen atoms in total. The number of amides is 2. The van der Waals surface area contributed by atoms with Crippen molar-refractivity contribution in [1.82, 2.24) is 5.01 Å². The van der Waals surface area contributed by atoms with Crippen LogP contribution < -0.4 is 9.64 Å². The van der Waals surface area contributed by atoms with E-state index in [0.717, 1.165) is 14.9 Å². The molecule has 0 aliphatic carbocycles. The molecule has 0 aromatic heterocycles. The van der Waals surface area contributed by atoms with E-state index in [4.69, 9.17) is 4.74 Å². The summed E-state index contributed by atoms with van der Waals surface area (Å²) in [6, 6.07) is 8.96. The highest BCUT2D eigenvalue weighted by molar-refractivity contribution is 9.10. The Labute approximate surface area is 162 Å². The van der Waals surface area contributed by atoms with Gasteiger partial charge in [-0.05, 0) is 48.0 Å². The third-order valence-electron chi connectivity index (χ3n) is 4.53. The Morgan fingerprint density at radius 1 is 1.15 bits per heavy atom. The number of methoxy groups -OCH3 is 1. The molecule has 2 atom stereocenters. The van der Waals surface area contributed by atoms with Crippen LogP contribution in [-0.2, 0) is 16.1 Å². The van der Waals surface area contributed by atoms with Gasteiger partial charge in [0.25, 0.3) is 11.8 Å². The van der Waals surface area contributed by atoms with Crippen LogP contribution >= 0.6 is 15.9 Å². The number of benzene rings is 2. The van der Waals surface area contributed by atoms with Gasteiger partial charge in [0.2, 0.25) is 0 Å². The molecule has 0 saturated carbocycles. The highest BCUT2D eigenvalue weighted by atomic mass is 79.9. The minimum absolute atomic E-state index is 0.277. The van der Waals surface area contributed by atoms with Gasteiger partial charge in [-0.15, -0.1) is 0 Å². The van der Waals surface area contributed by atoms with E-state index >= 15 is 0 Å². The first-order valence-electron chi connectivity index (χ1n) is 8.13. The van der Waals surface area contributed by atoms with Gasteiger partial charge in [0.05, 0.1) is 19.3 Å². The highest BCUT2D eigenvalue weighted by Crippen LogP contribution is 2.34. The molecule has 2 aromatic carbocycles. The lowest BCUT2D eigenvalue weighted by Crippen LogP contribution is -2.39. The Hall–Kier alpha value is -2.81. The van der Waals surface area contributed by atoms with Gasteiger partial charge in [-0.25, -0.2) is 9.29 Å². The van der Waals surface area contributed by atoms with Gasteiger partial charge in [0.1, 0.15) is 11.6 Å². The fourth-order valence-corrected chi connectivity index (χ4v) is 3.54. The SMILES string of the molecule is COc1ccc(Br)c(CN2N=N[C@H]3C(=O)N(c4ccc(F)cc4)C(=O)[C@@H]32)c1. The van der Waals surface area contributed by atoms with Crippen molar-refractivity contribution < 1.29 is 18.7 Å². The van der Waals surface area contributed by atoms with Crippen LogP contribution in [0.3, 0.4) is 0 Å². The van der Waals surface area contributed by atoms with Gasteiger partial charge in [0, 0.05) is 4.47 Å². The summed E-state index contributed by atoms with van der Waals surface area (Å²) in [6.07, 6.45) is 0. The molecule has 0 radical (unpaired) electrons. The predicted octanol–water partition coefficient (Wildman–Crippen LogP) is 3.09. The van der Waals surface area contributed by atoms with Crippen LogP contribution in [0.5, 0.6) is 5.75 Å². The van der Waals surface area contributed by atoms with Crippen molar-refractivity contribution in [3.8, 4) is 5.75 Å². The molecule has 2 aromatic rings. The Kier molecular flexibility index (Phi) is 4.39. The molecule has 9 heteroatoms. The molecule has 0 unspecified atom stereocenters. The zero-order valence-electron chi connectivity index (χ0n) is 14.2. The molecular weight excluding hydrogens is 419 g/mol. The highest BCUT2D eigenvalue weighted by Gasteiger charge is 2.54. The zero-order chi connectivity index (χ0) is 19.1. The van der Waals surface area contributed by atoms with E-state index in [0.29, 0.717) is 11.4 Å². The normalized spacial score (nSPS) is 21.1. The molecule has 2 aliphatic heterocycles. The van der Waals surface area contributed by atoms with Gasteiger partial charge < -0.3 is 4.74 Å². The van der Waals surface area contributed by atoms with Crippen molar-refractivity contribution in [3.05, 3.63) is 58.3 Å². The van der Waals surface area contributed by atoms with Gasteiger partial charge >= 0.3 is 0 Å². The summed E-state index contributed by atoms with van der Waals surface area (Å²) in [5.74, 6) is -0.668. The Balaban J connectivity index is 1.61. The molecule has 0 N–H and O–H groups in total. The van der Waals surface area contributed by atoms with Crippen molar-refractivity contribution in [2.75, 3.05) is 12.0 Å². The summed E-state index contributed by atoms with van der Waals surface area (Å²) in [5.41, 5.74) is 1.16. The number of anilines is 1. The predicted molar refractivity (Wildman–Crippen MR) is 97.6 cm³/mol. The topological polar surface area (TPSA) is 74.6 Å². The Bertz CT molecular complexity index is 950. The van der Waals surface area contributed by atoms with E-state index in [2.05, 4.69) is 26.3 Å². The maximum atomic E-state index is 13.2. The molecule has 27 heavy (non-hydrogen) atoms. The van der Waals surface area contributed by atoms with E-state index in [1.165, 1.54) is 29.3 Å². The molecule has 0 spiro atoms. The summed E-state index contributed by atoms with van der Waals surface area (Å²) in [5, 5.41) is 9.51. The van der Waals surface area contributed by atoms with E-state index in [1.807, 2.05) is 18.2 Å². The van der Waals surface area contributed by atoms with E-state index in [1.54, 1.807) is 7.11 Å². The van der Waals surface area contributed by atoms with Crippen molar-refractivity contribution >= 4 is 33.4 Å². The molecule has 4 rings (SSSR count). The molecule has 2 heterocycles. The Morgan fingerprint density at radius 2 is 1.89 bits per heavy atom. The number of nitrogens with zero attached hydrogens (tertiary/aromatic N) is 4. The molecule has 2 aliphatic rings. The van der Waals surface area contributed by atoms with Gasteiger partial charge in [0.15, 0.2) is 12.1 Å². The lowest BCUT2D eigenvalue weighted by atomic mass is 10.1. The number of fused-ring (bicyclic) bond motifs is 1. The summed E-state index contributed by atoms with van der Waals surface area (Å²) < 4.78 is 19.2. The van der Waals surface area contributed by atoms with E-state index < -0.39 is 29.7 Å². The maximum absolute atomic E-state index is 13.2. The monoisotopic (exact) mass is 432 g/mol. The number of imide groups is 1. The zero-order valence-corrected chi connectivity index (χ0v) is 15.8. The lowest BCUT2D eigenvalue weighted by molar-refractivity contribution is -0.123. The molecule has 138 valence electrons. The number of carbonyl (C=O) groups is 2. The molecule has 0 bridgehead atoms. The summed E-state index contributed by atoms with van der Waals surface area (Å²) in [4.78, 5) is 26.6. The quantitative estimate of drug-likeness (QED) is 0.695. The van der Waals surface area contributed by atoms with Crippen LogP contribution in [0.4, 0.5) is 10.1 Å². The second-order valence-corrected chi connectivity index (χ2v) is 6.99. The summed E-state index contributed by atoms with van der Waals surface area (Å²) in [7, 11) is 1.57. The second kappa shape index (κ2) is 6.73. The van der Waals surface area contributed by atoms with Crippen molar-refractivity contribution in [3.63, 3.8) is 0 Å². The largest absolute Gasteiger partial charge is 0.497 e. The Morgan fingerprint density at radius 3 is 2.59 bits per heavy atom. The minimum Gasteiger partial charge on any atom is -0.497 e. The van der Waals surface area contributed by atoms with Gasteiger partial charge in [-0.1, -0.05) is 21.2 Å². The first kappa shape index (κ1) is 17.6. The number of ether oxygens (including phenoxy) is 1. The summed E-state index contributed by atoms with van der Waals surface area (Å²) in [6.45, 7) is 0.277. The van der Waals surface area contributed by atoms with Crippen molar-refractivity contribution in [1.29, 1.82) is 0 Å². The van der Waals surface area contributed by atoms with Crippen molar-refractivity contribution in [2.45, 2.75) is 18.6 Å². The standard InChI is InChI=1S/C18H14BrFN4O3/c1-27-13-6-7-14(19)10(8-13)9-23-16-15(21-22-23)17(25)24(18(16)26)12-4-2-11(20)3-5-12/h2-8,15-16H,9H2,1H3/t15-,16-/m1/s1. The first-order valence-corrected chi connectivity index (χ1v) is 8.92. The lowest BCUT2D eigenvalue weighted by Gasteiger charge is -2.21. The number of carbonyl (C=O) groups excluding carboxylic acids is 2. The van der Waals surface area contributed by atoms with E-state index in [9.17, 15) is 14.0 Å². The molecule has 1 saturated heterocycles. The average Bonchev–Trinajstić information content (AvgIpc) is 3.18. The van der Waals surface area contributed by atoms with Gasteiger partial charge in [-0.3, -0.25) is 14.6 Å².